The van der Waals surface area contributed by atoms with Crippen LogP contribution in [0.4, 0.5) is 0 Å². The van der Waals surface area contributed by atoms with Gasteiger partial charge in [-0.05, 0) is 18.2 Å². The van der Waals surface area contributed by atoms with Crippen LogP contribution in [0.5, 0.6) is 5.75 Å². The molecule has 0 spiro atoms. The van der Waals surface area contributed by atoms with Gasteiger partial charge in [0.05, 0.1) is 5.56 Å². The minimum atomic E-state index is -0.289. The quantitative estimate of drug-likeness (QED) is 0.758. The molecular weight excluding hydrogens is 192 g/mol. The lowest BCUT2D eigenvalue weighted by atomic mass is 10.1. The first-order valence-corrected chi connectivity index (χ1v) is 4.03. The molecule has 0 unspecified atom stereocenters. The standard InChI is InChI=1S/C9H9ClO3/c1-13-5-9(12)7-4-6(10)2-3-8(7)11/h2-4,11H,5H2,1H3. The zero-order chi connectivity index (χ0) is 9.84. The SMILES string of the molecule is COCC(=O)c1cc(Cl)ccc1O. The Morgan fingerprint density at radius 1 is 1.62 bits per heavy atom. The van der Waals surface area contributed by atoms with Crippen molar-refractivity contribution >= 4 is 17.4 Å². The number of ether oxygens (including phenoxy) is 1. The van der Waals surface area contributed by atoms with Crippen LogP contribution in [0.15, 0.2) is 18.2 Å². The smallest absolute Gasteiger partial charge is 0.192 e. The number of rotatable bonds is 3. The molecule has 0 radical (unpaired) electrons. The van der Waals surface area contributed by atoms with Gasteiger partial charge in [0, 0.05) is 12.1 Å². The first-order chi connectivity index (χ1) is 6.15. The summed E-state index contributed by atoms with van der Waals surface area (Å²) in [6, 6.07) is 4.31. The van der Waals surface area contributed by atoms with E-state index in [9.17, 15) is 9.90 Å². The number of methoxy groups -OCH3 is 1. The molecule has 1 N–H and O–H groups in total. The molecule has 0 saturated heterocycles. The summed E-state index contributed by atoms with van der Waals surface area (Å²) in [6.45, 7) is -0.0616. The Hall–Kier alpha value is -1.06. The molecule has 0 aliphatic carbocycles. The lowest BCUT2D eigenvalue weighted by Crippen LogP contribution is -2.06. The average molecular weight is 201 g/mol. The highest BCUT2D eigenvalue weighted by Gasteiger charge is 2.10. The minimum absolute atomic E-state index is 0.0616. The Kier molecular flexibility index (Phi) is 3.28. The molecule has 1 aromatic carbocycles. The van der Waals surface area contributed by atoms with E-state index in [1.807, 2.05) is 0 Å². The van der Waals surface area contributed by atoms with E-state index in [-0.39, 0.29) is 23.7 Å². The van der Waals surface area contributed by atoms with Crippen LogP contribution >= 0.6 is 11.6 Å². The van der Waals surface area contributed by atoms with E-state index in [0.29, 0.717) is 5.02 Å². The van der Waals surface area contributed by atoms with E-state index in [2.05, 4.69) is 4.74 Å². The van der Waals surface area contributed by atoms with Crippen molar-refractivity contribution in [2.45, 2.75) is 0 Å². The topological polar surface area (TPSA) is 46.5 Å². The number of carbonyl (C=O) groups excluding carboxylic acids is 1. The third kappa shape index (κ3) is 2.44. The number of hydrogen-bond acceptors (Lipinski definition) is 3. The lowest BCUT2D eigenvalue weighted by molar-refractivity contribution is 0.0845. The van der Waals surface area contributed by atoms with E-state index in [1.54, 1.807) is 0 Å². The molecule has 0 aliphatic heterocycles. The van der Waals surface area contributed by atoms with Gasteiger partial charge in [-0.1, -0.05) is 11.6 Å². The molecule has 0 aliphatic rings. The monoisotopic (exact) mass is 200 g/mol. The number of benzene rings is 1. The van der Waals surface area contributed by atoms with Crippen molar-refractivity contribution in [3.8, 4) is 5.75 Å². The van der Waals surface area contributed by atoms with Gasteiger partial charge in [0.1, 0.15) is 12.4 Å². The van der Waals surface area contributed by atoms with Gasteiger partial charge in [-0.2, -0.15) is 0 Å². The molecular formula is C9H9ClO3. The zero-order valence-electron chi connectivity index (χ0n) is 7.08. The number of phenols is 1. The van der Waals surface area contributed by atoms with Crippen LogP contribution in [-0.2, 0) is 4.74 Å². The Balaban J connectivity index is 2.99. The fourth-order valence-electron chi connectivity index (χ4n) is 0.940. The number of Topliss-reactive ketones (excluding diaryl/α,β-unsaturated/α-hetero) is 1. The fraction of sp³-hybridized carbons (Fsp3) is 0.222. The van der Waals surface area contributed by atoms with Gasteiger partial charge < -0.3 is 9.84 Å². The van der Waals surface area contributed by atoms with Crippen LogP contribution in [-0.4, -0.2) is 24.6 Å². The third-order valence-electron chi connectivity index (χ3n) is 1.53. The van der Waals surface area contributed by atoms with Crippen LogP contribution in [0, 0.1) is 0 Å². The lowest BCUT2D eigenvalue weighted by Gasteiger charge is -2.02. The number of hydrogen-bond donors (Lipinski definition) is 1. The van der Waals surface area contributed by atoms with Crippen molar-refractivity contribution in [2.75, 3.05) is 13.7 Å². The Morgan fingerprint density at radius 3 is 2.92 bits per heavy atom. The summed E-state index contributed by atoms with van der Waals surface area (Å²) in [5.74, 6) is -0.367. The van der Waals surface area contributed by atoms with E-state index in [4.69, 9.17) is 11.6 Å². The van der Waals surface area contributed by atoms with Crippen LogP contribution in [0.3, 0.4) is 0 Å². The van der Waals surface area contributed by atoms with Gasteiger partial charge in [0.2, 0.25) is 0 Å². The van der Waals surface area contributed by atoms with Crippen molar-refractivity contribution in [2.24, 2.45) is 0 Å². The highest BCUT2D eigenvalue weighted by atomic mass is 35.5. The predicted molar refractivity (Wildman–Crippen MR) is 49.3 cm³/mol. The number of ketones is 1. The predicted octanol–water partition coefficient (Wildman–Crippen LogP) is 1.87. The number of carbonyl (C=O) groups is 1. The summed E-state index contributed by atoms with van der Waals surface area (Å²) in [5.41, 5.74) is 0.189. The molecule has 1 aromatic rings. The first kappa shape index (κ1) is 10.0. The maximum absolute atomic E-state index is 11.3. The van der Waals surface area contributed by atoms with Crippen molar-refractivity contribution in [1.82, 2.24) is 0 Å². The number of aromatic hydroxyl groups is 1. The second-order valence-electron chi connectivity index (χ2n) is 2.52. The largest absolute Gasteiger partial charge is 0.507 e. The minimum Gasteiger partial charge on any atom is -0.507 e. The second kappa shape index (κ2) is 4.25. The van der Waals surface area contributed by atoms with Crippen LogP contribution in [0.25, 0.3) is 0 Å². The van der Waals surface area contributed by atoms with Gasteiger partial charge >= 0.3 is 0 Å². The molecule has 0 heterocycles. The Labute approximate surface area is 80.9 Å². The van der Waals surface area contributed by atoms with E-state index >= 15 is 0 Å². The fourth-order valence-corrected chi connectivity index (χ4v) is 1.11. The summed E-state index contributed by atoms with van der Waals surface area (Å²) >= 11 is 5.66. The molecule has 1 rings (SSSR count). The van der Waals surface area contributed by atoms with Crippen LogP contribution in [0.1, 0.15) is 10.4 Å². The molecule has 0 saturated carbocycles. The van der Waals surface area contributed by atoms with Crippen molar-refractivity contribution in [3.05, 3.63) is 28.8 Å². The van der Waals surface area contributed by atoms with Gasteiger partial charge in [-0.3, -0.25) is 4.79 Å². The van der Waals surface area contributed by atoms with Crippen molar-refractivity contribution < 1.29 is 14.6 Å². The van der Waals surface area contributed by atoms with Gasteiger partial charge in [0.15, 0.2) is 5.78 Å². The molecule has 0 bridgehead atoms. The number of halogens is 1. The summed E-state index contributed by atoms with van der Waals surface area (Å²) in [4.78, 5) is 11.3. The first-order valence-electron chi connectivity index (χ1n) is 3.66. The maximum Gasteiger partial charge on any atom is 0.192 e. The molecule has 13 heavy (non-hydrogen) atoms. The molecule has 4 heteroatoms. The molecule has 0 atom stereocenters. The summed E-state index contributed by atoms with van der Waals surface area (Å²) in [5, 5.41) is 9.71. The second-order valence-corrected chi connectivity index (χ2v) is 2.95. The van der Waals surface area contributed by atoms with Crippen molar-refractivity contribution in [1.29, 1.82) is 0 Å². The maximum atomic E-state index is 11.3. The molecule has 0 amide bonds. The van der Waals surface area contributed by atoms with Gasteiger partial charge in [0.25, 0.3) is 0 Å². The molecule has 0 aromatic heterocycles. The molecule has 3 nitrogen and oxygen atoms in total. The zero-order valence-corrected chi connectivity index (χ0v) is 7.84. The molecule has 0 fully saturated rings. The average Bonchev–Trinajstić information content (AvgIpc) is 2.09. The Morgan fingerprint density at radius 2 is 2.31 bits per heavy atom. The van der Waals surface area contributed by atoms with E-state index in [1.165, 1.54) is 25.3 Å². The third-order valence-corrected chi connectivity index (χ3v) is 1.77. The highest BCUT2D eigenvalue weighted by Crippen LogP contribution is 2.21. The van der Waals surface area contributed by atoms with Crippen molar-refractivity contribution in [3.63, 3.8) is 0 Å². The van der Waals surface area contributed by atoms with E-state index < -0.39 is 0 Å². The van der Waals surface area contributed by atoms with Gasteiger partial charge in [-0.25, -0.2) is 0 Å². The summed E-state index contributed by atoms with van der Waals surface area (Å²) in [6.07, 6.45) is 0. The number of phenolic OH excluding ortho intramolecular Hbond substituents is 1. The van der Waals surface area contributed by atoms with Gasteiger partial charge in [-0.15, -0.1) is 0 Å². The normalized spacial score (nSPS) is 10.0. The highest BCUT2D eigenvalue weighted by molar-refractivity contribution is 6.31. The summed E-state index contributed by atoms with van der Waals surface area (Å²) in [7, 11) is 1.42. The Bertz CT molecular complexity index is 323. The summed E-state index contributed by atoms with van der Waals surface area (Å²) < 4.78 is 4.65. The molecule has 70 valence electrons. The van der Waals surface area contributed by atoms with Crippen LogP contribution in [0.2, 0.25) is 5.02 Å². The van der Waals surface area contributed by atoms with E-state index in [0.717, 1.165) is 0 Å². The van der Waals surface area contributed by atoms with Crippen LogP contribution < -0.4 is 0 Å².